The Labute approximate surface area is 134 Å². The molecule has 3 aromatic rings. The van der Waals surface area contributed by atoms with Gasteiger partial charge >= 0.3 is 0 Å². The van der Waals surface area contributed by atoms with Crippen molar-refractivity contribution in [3.8, 4) is 0 Å². The normalized spacial score (nSPS) is 11.9. The number of tetrazole rings is 1. The molecule has 7 heteroatoms. The molecule has 0 spiro atoms. The molecule has 0 saturated heterocycles. The van der Waals surface area contributed by atoms with Crippen LogP contribution in [0.2, 0.25) is 0 Å². The Kier molecular flexibility index (Phi) is 4.03. The van der Waals surface area contributed by atoms with Crippen LogP contribution in [0.25, 0.3) is 12.2 Å². The molecule has 3 rings (SSSR count). The predicted octanol–water partition coefficient (Wildman–Crippen LogP) is 2.39. The highest BCUT2D eigenvalue weighted by Gasteiger charge is 2.21. The van der Waals surface area contributed by atoms with Gasteiger partial charge in [0.25, 0.3) is 10.0 Å². The van der Waals surface area contributed by atoms with E-state index < -0.39 is 10.0 Å². The number of aromatic nitrogens is 4. The van der Waals surface area contributed by atoms with Gasteiger partial charge < -0.3 is 0 Å². The maximum atomic E-state index is 12.6. The van der Waals surface area contributed by atoms with E-state index in [4.69, 9.17) is 0 Å². The first-order valence-corrected chi connectivity index (χ1v) is 8.35. The molecule has 0 saturated carbocycles. The van der Waals surface area contributed by atoms with Gasteiger partial charge in [0.05, 0.1) is 4.90 Å². The van der Waals surface area contributed by atoms with Crippen LogP contribution in [0, 0.1) is 6.92 Å². The third-order valence-corrected chi connectivity index (χ3v) is 4.82. The number of nitrogens with zero attached hydrogens (tertiary/aromatic N) is 4. The van der Waals surface area contributed by atoms with Crippen molar-refractivity contribution in [2.45, 2.75) is 11.8 Å². The summed E-state index contributed by atoms with van der Waals surface area (Å²) in [6.07, 6.45) is 3.33. The van der Waals surface area contributed by atoms with Crippen LogP contribution in [0.15, 0.2) is 59.5 Å². The molecule has 0 aliphatic carbocycles. The average molecular weight is 326 g/mol. The molecule has 6 nitrogen and oxygen atoms in total. The Hall–Kier alpha value is -2.80. The highest BCUT2D eigenvalue weighted by molar-refractivity contribution is 7.89. The van der Waals surface area contributed by atoms with E-state index in [2.05, 4.69) is 15.5 Å². The van der Waals surface area contributed by atoms with E-state index >= 15 is 0 Å². The molecule has 0 bridgehead atoms. The first kappa shape index (κ1) is 15.1. The van der Waals surface area contributed by atoms with Gasteiger partial charge in [-0.25, -0.2) is 0 Å². The van der Waals surface area contributed by atoms with Crippen molar-refractivity contribution < 1.29 is 8.42 Å². The molecule has 0 N–H and O–H groups in total. The fraction of sp³-hybridized carbons (Fsp3) is 0.0625. The van der Waals surface area contributed by atoms with E-state index in [9.17, 15) is 8.42 Å². The van der Waals surface area contributed by atoms with Crippen LogP contribution in [0.3, 0.4) is 0 Å². The summed E-state index contributed by atoms with van der Waals surface area (Å²) in [5, 5.41) is 10.9. The van der Waals surface area contributed by atoms with Crippen molar-refractivity contribution in [2.75, 3.05) is 0 Å². The summed E-state index contributed by atoms with van der Waals surface area (Å²) in [6.45, 7) is 1.89. The molecule has 0 fully saturated rings. The van der Waals surface area contributed by atoms with E-state index in [1.807, 2.05) is 37.3 Å². The van der Waals surface area contributed by atoms with E-state index in [-0.39, 0.29) is 10.7 Å². The van der Waals surface area contributed by atoms with Crippen molar-refractivity contribution in [2.24, 2.45) is 0 Å². The van der Waals surface area contributed by atoms with Crippen LogP contribution in [0.5, 0.6) is 0 Å². The van der Waals surface area contributed by atoms with Gasteiger partial charge in [-0.3, -0.25) is 0 Å². The standard InChI is InChI=1S/C16H14N4O2S/c1-13-7-10-15(11-8-13)23(21,22)20-16(17-18-19-20)12-9-14-5-3-2-4-6-14/h2-12H,1H3/b12-9+. The molecule has 2 aromatic carbocycles. The minimum absolute atomic E-state index is 0.143. The lowest BCUT2D eigenvalue weighted by atomic mass is 10.2. The van der Waals surface area contributed by atoms with Gasteiger partial charge in [-0.15, -0.1) is 9.19 Å². The summed E-state index contributed by atoms with van der Waals surface area (Å²) in [7, 11) is -3.82. The Morgan fingerprint density at radius 2 is 1.65 bits per heavy atom. The van der Waals surface area contributed by atoms with Crippen LogP contribution in [-0.2, 0) is 10.0 Å². The fourth-order valence-electron chi connectivity index (χ4n) is 2.00. The molecule has 0 unspecified atom stereocenters. The Morgan fingerprint density at radius 1 is 0.957 bits per heavy atom. The Morgan fingerprint density at radius 3 is 2.35 bits per heavy atom. The zero-order valence-electron chi connectivity index (χ0n) is 12.4. The molecule has 1 heterocycles. The SMILES string of the molecule is Cc1ccc(S(=O)(=O)n2nnnc2/C=C/c2ccccc2)cc1. The second kappa shape index (κ2) is 6.13. The quantitative estimate of drug-likeness (QED) is 0.735. The molecule has 0 aliphatic heterocycles. The summed E-state index contributed by atoms with van der Waals surface area (Å²) in [6, 6.07) is 16.0. The first-order valence-electron chi connectivity index (χ1n) is 6.91. The molecule has 0 radical (unpaired) electrons. The lowest BCUT2D eigenvalue weighted by Gasteiger charge is -2.04. The molecule has 0 aliphatic rings. The highest BCUT2D eigenvalue weighted by atomic mass is 32.2. The Balaban J connectivity index is 1.97. The van der Waals surface area contributed by atoms with Gasteiger partial charge in [0.1, 0.15) is 0 Å². The van der Waals surface area contributed by atoms with Crippen LogP contribution in [0.1, 0.15) is 17.0 Å². The van der Waals surface area contributed by atoms with E-state index in [1.54, 1.807) is 24.3 Å². The number of rotatable bonds is 4. The lowest BCUT2D eigenvalue weighted by Crippen LogP contribution is -2.16. The third kappa shape index (κ3) is 3.19. The lowest BCUT2D eigenvalue weighted by molar-refractivity contribution is 0.576. The molecule has 23 heavy (non-hydrogen) atoms. The van der Waals surface area contributed by atoms with Crippen molar-refractivity contribution >= 4 is 22.2 Å². The monoisotopic (exact) mass is 326 g/mol. The Bertz CT molecular complexity index is 930. The summed E-state index contributed by atoms with van der Waals surface area (Å²) < 4.78 is 26.1. The molecular formula is C16H14N4O2S. The van der Waals surface area contributed by atoms with Gasteiger partial charge in [0.15, 0.2) is 5.82 Å². The van der Waals surface area contributed by atoms with E-state index in [1.165, 1.54) is 12.1 Å². The second-order valence-corrected chi connectivity index (χ2v) is 6.71. The molecular weight excluding hydrogens is 312 g/mol. The van der Waals surface area contributed by atoms with Crippen molar-refractivity contribution in [3.05, 3.63) is 71.5 Å². The number of hydrogen-bond donors (Lipinski definition) is 0. The molecule has 116 valence electrons. The third-order valence-electron chi connectivity index (χ3n) is 3.24. The average Bonchev–Trinajstić information content (AvgIpc) is 3.04. The van der Waals surface area contributed by atoms with Gasteiger partial charge in [-0.05, 0) is 41.1 Å². The van der Waals surface area contributed by atoms with Crippen molar-refractivity contribution in [1.29, 1.82) is 0 Å². The van der Waals surface area contributed by atoms with E-state index in [0.29, 0.717) is 0 Å². The first-order chi connectivity index (χ1) is 11.1. The van der Waals surface area contributed by atoms with Crippen LogP contribution in [0.4, 0.5) is 0 Å². The van der Waals surface area contributed by atoms with Gasteiger partial charge in [-0.2, -0.15) is 8.42 Å². The van der Waals surface area contributed by atoms with Crippen LogP contribution >= 0.6 is 0 Å². The summed E-state index contributed by atoms with van der Waals surface area (Å²) in [5.41, 5.74) is 1.90. The summed E-state index contributed by atoms with van der Waals surface area (Å²) in [4.78, 5) is 0.143. The number of aryl methyl sites for hydroxylation is 1. The van der Waals surface area contributed by atoms with Crippen molar-refractivity contribution in [3.63, 3.8) is 0 Å². The largest absolute Gasteiger partial charge is 0.286 e. The van der Waals surface area contributed by atoms with Gasteiger partial charge in [0, 0.05) is 0 Å². The van der Waals surface area contributed by atoms with E-state index in [0.717, 1.165) is 15.2 Å². The van der Waals surface area contributed by atoms with Crippen LogP contribution in [-0.4, -0.2) is 28.0 Å². The summed E-state index contributed by atoms with van der Waals surface area (Å²) >= 11 is 0. The maximum absolute atomic E-state index is 12.6. The number of hydrogen-bond acceptors (Lipinski definition) is 5. The number of benzene rings is 2. The van der Waals surface area contributed by atoms with Gasteiger partial charge in [0.2, 0.25) is 0 Å². The van der Waals surface area contributed by atoms with Crippen LogP contribution < -0.4 is 0 Å². The topological polar surface area (TPSA) is 77.7 Å². The maximum Gasteiger partial charge on any atom is 0.286 e. The smallest absolute Gasteiger partial charge is 0.199 e. The molecule has 0 atom stereocenters. The minimum atomic E-state index is -3.82. The minimum Gasteiger partial charge on any atom is -0.199 e. The molecule has 0 amide bonds. The molecule has 1 aromatic heterocycles. The highest BCUT2D eigenvalue weighted by Crippen LogP contribution is 2.15. The second-order valence-electron chi connectivity index (χ2n) is 4.94. The predicted molar refractivity (Wildman–Crippen MR) is 86.9 cm³/mol. The fourth-order valence-corrected chi connectivity index (χ4v) is 3.15. The summed E-state index contributed by atoms with van der Waals surface area (Å²) in [5.74, 6) is 0.148. The van der Waals surface area contributed by atoms with Crippen molar-refractivity contribution in [1.82, 2.24) is 19.6 Å². The zero-order valence-corrected chi connectivity index (χ0v) is 13.2. The zero-order chi connectivity index (χ0) is 16.3. The van der Waals surface area contributed by atoms with Gasteiger partial charge in [-0.1, -0.05) is 54.1 Å².